The highest BCUT2D eigenvalue weighted by atomic mass is 16.5. The number of rotatable bonds is 8. The van der Waals surface area contributed by atoms with Crippen molar-refractivity contribution in [3.05, 3.63) is 35.4 Å². The summed E-state index contributed by atoms with van der Waals surface area (Å²) in [6, 6.07) is 8.18. The minimum absolute atomic E-state index is 0.0584. The molecule has 0 bridgehead atoms. The second kappa shape index (κ2) is 10.1. The molecule has 0 spiro atoms. The van der Waals surface area contributed by atoms with Crippen LogP contribution < -0.4 is 20.1 Å². The Morgan fingerprint density at radius 3 is 2.49 bits per heavy atom. The van der Waals surface area contributed by atoms with E-state index in [9.17, 15) is 9.59 Å². The number of ether oxygens (including phenoxy) is 2. The average Bonchev–Trinajstić information content (AvgIpc) is 3.67. The second-order valence-electron chi connectivity index (χ2n) is 9.86. The number of hydrogen-bond acceptors (Lipinski definition) is 7. The van der Waals surface area contributed by atoms with Gasteiger partial charge in [-0.15, -0.1) is 0 Å². The highest BCUT2D eigenvalue weighted by Gasteiger charge is 2.31. The Kier molecular flexibility index (Phi) is 6.74. The van der Waals surface area contributed by atoms with Crippen LogP contribution in [0.2, 0.25) is 0 Å². The van der Waals surface area contributed by atoms with Gasteiger partial charge in [0.05, 0.1) is 13.2 Å². The second-order valence-corrected chi connectivity index (χ2v) is 9.86. The lowest BCUT2D eigenvalue weighted by molar-refractivity contribution is -0.138. The first-order valence-electron chi connectivity index (χ1n) is 12.5. The van der Waals surface area contributed by atoms with Crippen LogP contribution >= 0.6 is 0 Å². The van der Waals surface area contributed by atoms with Gasteiger partial charge in [-0.05, 0) is 67.6 Å². The fourth-order valence-corrected chi connectivity index (χ4v) is 5.12. The summed E-state index contributed by atoms with van der Waals surface area (Å²) in [6.07, 6.45) is 7.56. The smallest absolute Gasteiger partial charge is 0.321 e. The van der Waals surface area contributed by atoms with Gasteiger partial charge in [-0.3, -0.25) is 9.59 Å². The molecule has 2 saturated carbocycles. The molecule has 2 aromatic rings. The number of hydrogen-bond donors (Lipinski definition) is 2. The Labute approximate surface area is 204 Å². The topological polar surface area (TPSA) is 128 Å². The maximum absolute atomic E-state index is 13.4. The molecule has 2 aliphatic carbocycles. The molecule has 1 aromatic heterocycles. The number of aromatic nitrogens is 2. The SMILES string of the molecule is Nc1nc(OCCC2CC2)nc2c1C(=O)N(c1ccc(C3CCC(CC(=O)O)CC3)cc1)CCO2. The summed E-state index contributed by atoms with van der Waals surface area (Å²) >= 11 is 0. The van der Waals surface area contributed by atoms with E-state index in [1.165, 1.54) is 18.4 Å². The first-order chi connectivity index (χ1) is 17.0. The zero-order chi connectivity index (χ0) is 24.4. The van der Waals surface area contributed by atoms with Gasteiger partial charge < -0.3 is 25.2 Å². The maximum Gasteiger partial charge on any atom is 0.321 e. The van der Waals surface area contributed by atoms with Gasteiger partial charge in [0.25, 0.3) is 5.91 Å². The molecule has 35 heavy (non-hydrogen) atoms. The molecule has 2 fully saturated rings. The van der Waals surface area contributed by atoms with Crippen molar-refractivity contribution < 1.29 is 24.2 Å². The molecule has 0 radical (unpaired) electrons. The predicted octanol–water partition coefficient (Wildman–Crippen LogP) is 4.03. The highest BCUT2D eigenvalue weighted by molar-refractivity contribution is 6.10. The van der Waals surface area contributed by atoms with Crippen LogP contribution in [0.25, 0.3) is 0 Å². The summed E-state index contributed by atoms with van der Waals surface area (Å²) in [6.45, 7) is 1.18. The summed E-state index contributed by atoms with van der Waals surface area (Å²) in [5.74, 6) is 0.646. The summed E-state index contributed by atoms with van der Waals surface area (Å²) in [4.78, 5) is 34.5. The molecule has 9 heteroatoms. The Bertz CT molecular complexity index is 1080. The normalized spacial score (nSPS) is 22.2. The molecule has 186 valence electrons. The average molecular weight is 481 g/mol. The first-order valence-corrected chi connectivity index (χ1v) is 12.5. The van der Waals surface area contributed by atoms with Crippen molar-refractivity contribution in [3.63, 3.8) is 0 Å². The van der Waals surface area contributed by atoms with Gasteiger partial charge in [0.1, 0.15) is 18.0 Å². The zero-order valence-electron chi connectivity index (χ0n) is 19.8. The number of nitrogens with two attached hydrogens (primary N) is 1. The lowest BCUT2D eigenvalue weighted by atomic mass is 9.77. The van der Waals surface area contributed by atoms with E-state index in [0.29, 0.717) is 19.1 Å². The van der Waals surface area contributed by atoms with E-state index in [-0.39, 0.29) is 48.1 Å². The van der Waals surface area contributed by atoms with E-state index >= 15 is 0 Å². The number of fused-ring (bicyclic) bond motifs is 1. The quantitative estimate of drug-likeness (QED) is 0.580. The number of nitrogen functional groups attached to an aromatic ring is 1. The van der Waals surface area contributed by atoms with Crippen molar-refractivity contribution in [2.45, 2.75) is 57.3 Å². The van der Waals surface area contributed by atoms with E-state index in [2.05, 4.69) is 22.1 Å². The van der Waals surface area contributed by atoms with Crippen LogP contribution in [0.5, 0.6) is 11.9 Å². The summed E-state index contributed by atoms with van der Waals surface area (Å²) < 4.78 is 11.4. The van der Waals surface area contributed by atoms with Crippen molar-refractivity contribution in [2.24, 2.45) is 11.8 Å². The van der Waals surface area contributed by atoms with E-state index in [1.54, 1.807) is 4.90 Å². The minimum Gasteiger partial charge on any atom is -0.481 e. The molecule has 0 saturated heterocycles. The molecule has 9 nitrogen and oxygen atoms in total. The zero-order valence-corrected chi connectivity index (χ0v) is 19.8. The molecule has 1 aromatic carbocycles. The fraction of sp³-hybridized carbons (Fsp3) is 0.538. The number of aliphatic carboxylic acids is 1. The molecule has 3 aliphatic rings. The molecule has 2 heterocycles. The Balaban J connectivity index is 1.26. The van der Waals surface area contributed by atoms with Crippen molar-refractivity contribution in [3.8, 4) is 11.9 Å². The van der Waals surface area contributed by atoms with E-state index in [0.717, 1.165) is 43.7 Å². The van der Waals surface area contributed by atoms with Crippen LogP contribution in [-0.4, -0.2) is 46.7 Å². The monoisotopic (exact) mass is 480 g/mol. The van der Waals surface area contributed by atoms with Gasteiger partial charge in [-0.1, -0.05) is 25.0 Å². The number of carboxylic acids is 1. The number of nitrogens with zero attached hydrogens (tertiary/aromatic N) is 3. The third kappa shape index (κ3) is 5.49. The van der Waals surface area contributed by atoms with E-state index < -0.39 is 5.97 Å². The van der Waals surface area contributed by atoms with Gasteiger partial charge >= 0.3 is 12.0 Å². The van der Waals surface area contributed by atoms with Crippen LogP contribution in [0, 0.1) is 11.8 Å². The molecule has 1 amide bonds. The lowest BCUT2D eigenvalue weighted by Crippen LogP contribution is -2.32. The minimum atomic E-state index is -0.714. The van der Waals surface area contributed by atoms with Crippen LogP contribution in [0.1, 0.15) is 73.2 Å². The number of amides is 1. The van der Waals surface area contributed by atoms with Gasteiger partial charge in [-0.25, -0.2) is 0 Å². The molecule has 0 unspecified atom stereocenters. The highest BCUT2D eigenvalue weighted by Crippen LogP contribution is 2.38. The van der Waals surface area contributed by atoms with Crippen molar-refractivity contribution in [1.82, 2.24) is 9.97 Å². The summed E-state index contributed by atoms with van der Waals surface area (Å²) in [5, 5.41) is 9.03. The van der Waals surface area contributed by atoms with Gasteiger partial charge in [0.15, 0.2) is 0 Å². The van der Waals surface area contributed by atoms with Crippen LogP contribution in [-0.2, 0) is 4.79 Å². The molecular formula is C26H32N4O5. The third-order valence-electron chi connectivity index (χ3n) is 7.34. The van der Waals surface area contributed by atoms with Crippen LogP contribution in [0.4, 0.5) is 11.5 Å². The van der Waals surface area contributed by atoms with E-state index in [4.69, 9.17) is 20.3 Å². The number of carbonyl (C=O) groups excluding carboxylic acids is 1. The van der Waals surface area contributed by atoms with Gasteiger partial charge in [0.2, 0.25) is 5.88 Å². The van der Waals surface area contributed by atoms with Crippen molar-refractivity contribution in [2.75, 3.05) is 30.4 Å². The predicted molar refractivity (Wildman–Crippen MR) is 130 cm³/mol. The lowest BCUT2D eigenvalue weighted by Gasteiger charge is -2.28. The number of carboxylic acid groups (broad SMARTS) is 1. The maximum atomic E-state index is 13.4. The summed E-state index contributed by atoms with van der Waals surface area (Å²) in [5.41, 5.74) is 8.30. The van der Waals surface area contributed by atoms with Crippen LogP contribution in [0.3, 0.4) is 0 Å². The van der Waals surface area contributed by atoms with Gasteiger partial charge in [0, 0.05) is 12.1 Å². The largest absolute Gasteiger partial charge is 0.481 e. The van der Waals surface area contributed by atoms with Crippen LogP contribution in [0.15, 0.2) is 24.3 Å². The standard InChI is InChI=1S/C26H32N4O5/c27-23-22-24(29-26(28-23)35-13-11-16-1-2-16)34-14-12-30(25(22)33)20-9-7-19(8-10-20)18-5-3-17(4-6-18)15-21(31)32/h7-10,16-18H,1-6,11-15H2,(H,31,32)(H2,27,28,29). The first kappa shape index (κ1) is 23.4. The number of carbonyl (C=O) groups is 2. The van der Waals surface area contributed by atoms with Crippen molar-refractivity contribution in [1.29, 1.82) is 0 Å². The number of benzene rings is 1. The molecule has 1 aliphatic heterocycles. The Morgan fingerprint density at radius 2 is 1.80 bits per heavy atom. The Hall–Kier alpha value is -3.36. The fourth-order valence-electron chi connectivity index (χ4n) is 5.12. The number of anilines is 2. The molecule has 0 atom stereocenters. The van der Waals surface area contributed by atoms with Gasteiger partial charge in [-0.2, -0.15) is 9.97 Å². The third-order valence-corrected chi connectivity index (χ3v) is 7.34. The molecule has 3 N–H and O–H groups in total. The summed E-state index contributed by atoms with van der Waals surface area (Å²) in [7, 11) is 0. The molecule has 5 rings (SSSR count). The van der Waals surface area contributed by atoms with E-state index in [1.807, 2.05) is 12.1 Å². The molecular weight excluding hydrogens is 448 g/mol. The van der Waals surface area contributed by atoms with Crippen molar-refractivity contribution >= 4 is 23.4 Å². The Morgan fingerprint density at radius 1 is 1.09 bits per heavy atom.